The van der Waals surface area contributed by atoms with E-state index in [1.807, 2.05) is 55.5 Å². The molecule has 0 aliphatic carbocycles. The number of carbonyl (C=O) groups is 3. The lowest BCUT2D eigenvalue weighted by molar-refractivity contribution is -0.124. The average Bonchev–Trinajstić information content (AvgIpc) is 3.22. The maximum absolute atomic E-state index is 13.9. The van der Waals surface area contributed by atoms with Gasteiger partial charge in [0.2, 0.25) is 29.4 Å². The number of aromatic nitrogens is 2. The maximum atomic E-state index is 13.9. The number of aliphatic imine (C=N–C) groups is 1. The van der Waals surface area contributed by atoms with Crippen molar-refractivity contribution in [2.24, 2.45) is 4.99 Å². The Morgan fingerprint density at radius 3 is 2.48 bits per heavy atom. The third-order valence-corrected chi connectivity index (χ3v) is 5.58. The zero-order chi connectivity index (χ0) is 21.9. The number of guanidine groups is 1. The van der Waals surface area contributed by atoms with E-state index in [1.54, 1.807) is 9.47 Å². The predicted molar refractivity (Wildman–Crippen MR) is 116 cm³/mol. The van der Waals surface area contributed by atoms with Crippen molar-refractivity contribution >= 4 is 46.4 Å². The molecule has 2 aromatic carbocycles. The zero-order valence-corrected chi connectivity index (χ0v) is 17.3. The molecule has 1 N–H and O–H groups in total. The molecule has 0 fully saturated rings. The Labute approximate surface area is 178 Å². The second-order valence-electron chi connectivity index (χ2n) is 7.45. The van der Waals surface area contributed by atoms with Crippen molar-refractivity contribution in [2.75, 3.05) is 16.3 Å². The van der Waals surface area contributed by atoms with Crippen LogP contribution in [0.5, 0.6) is 0 Å². The molecular formula is C22H20N6O3. The van der Waals surface area contributed by atoms with Crippen molar-refractivity contribution in [1.82, 2.24) is 14.9 Å². The zero-order valence-electron chi connectivity index (χ0n) is 17.3. The largest absolute Gasteiger partial charge is 0.308 e. The van der Waals surface area contributed by atoms with Gasteiger partial charge in [0.25, 0.3) is 5.91 Å². The van der Waals surface area contributed by atoms with Crippen LogP contribution in [-0.2, 0) is 20.0 Å². The van der Waals surface area contributed by atoms with Crippen molar-refractivity contribution in [3.8, 4) is 0 Å². The molecule has 2 aliphatic rings. The number of hydrogen-bond acceptors (Lipinski definition) is 5. The molecule has 0 radical (unpaired) electrons. The first-order valence-electron chi connectivity index (χ1n) is 9.97. The first-order valence-corrected chi connectivity index (χ1v) is 9.97. The third kappa shape index (κ3) is 2.40. The average molecular weight is 416 g/mol. The van der Waals surface area contributed by atoms with Crippen LogP contribution >= 0.6 is 0 Å². The normalized spacial score (nSPS) is 19.5. The van der Waals surface area contributed by atoms with E-state index in [2.05, 4.69) is 10.3 Å². The Kier molecular flexibility index (Phi) is 3.98. The van der Waals surface area contributed by atoms with Gasteiger partial charge in [-0.05, 0) is 25.1 Å². The summed E-state index contributed by atoms with van der Waals surface area (Å²) in [6.07, 6.45) is 0. The first-order chi connectivity index (χ1) is 14.9. The molecule has 5 rings (SSSR count). The van der Waals surface area contributed by atoms with Gasteiger partial charge < -0.3 is 4.90 Å². The van der Waals surface area contributed by atoms with E-state index in [4.69, 9.17) is 4.99 Å². The van der Waals surface area contributed by atoms with E-state index in [-0.39, 0.29) is 23.7 Å². The van der Waals surface area contributed by atoms with Crippen LogP contribution < -0.4 is 15.1 Å². The molecule has 9 heteroatoms. The van der Waals surface area contributed by atoms with Gasteiger partial charge in [-0.25, -0.2) is 14.9 Å². The highest BCUT2D eigenvalue weighted by molar-refractivity contribution is 6.22. The van der Waals surface area contributed by atoms with Gasteiger partial charge in [0.05, 0.1) is 16.7 Å². The molecule has 1 spiro atoms. The third-order valence-electron chi connectivity index (χ3n) is 5.58. The second-order valence-corrected chi connectivity index (χ2v) is 7.45. The fraction of sp³-hybridized carbons (Fsp3) is 0.227. The summed E-state index contributed by atoms with van der Waals surface area (Å²) < 4.78 is 1.70. The molecule has 0 unspecified atom stereocenters. The van der Waals surface area contributed by atoms with Gasteiger partial charge in [0, 0.05) is 26.0 Å². The van der Waals surface area contributed by atoms with Crippen LogP contribution in [0.15, 0.2) is 53.5 Å². The number of anilines is 2. The van der Waals surface area contributed by atoms with E-state index in [0.717, 1.165) is 5.69 Å². The Morgan fingerprint density at radius 1 is 1.06 bits per heavy atom. The van der Waals surface area contributed by atoms with Gasteiger partial charge in [0.1, 0.15) is 0 Å². The first kappa shape index (κ1) is 19.0. The summed E-state index contributed by atoms with van der Waals surface area (Å²) in [5, 5.41) is 2.63. The maximum Gasteiger partial charge on any atom is 0.281 e. The molecule has 9 nitrogen and oxygen atoms in total. The number of nitrogens with one attached hydrogen (secondary N) is 1. The summed E-state index contributed by atoms with van der Waals surface area (Å²) in [5.74, 6) is -0.857. The van der Waals surface area contributed by atoms with E-state index < -0.39 is 11.6 Å². The van der Waals surface area contributed by atoms with Crippen LogP contribution in [0.2, 0.25) is 0 Å². The second kappa shape index (κ2) is 6.49. The molecule has 0 saturated heterocycles. The topological polar surface area (TPSA) is 99.9 Å². The highest BCUT2D eigenvalue weighted by Crippen LogP contribution is 2.48. The lowest BCUT2D eigenvalue weighted by atomic mass is 10.00. The summed E-state index contributed by atoms with van der Waals surface area (Å²) in [7, 11) is 0. The van der Waals surface area contributed by atoms with E-state index >= 15 is 0 Å². The van der Waals surface area contributed by atoms with Crippen LogP contribution in [0, 0.1) is 0 Å². The molecule has 0 saturated carbocycles. The molecule has 1 atom stereocenters. The molecule has 156 valence electrons. The number of carbonyl (C=O) groups excluding carboxylic acids is 3. The molecular weight excluding hydrogens is 396 g/mol. The Morgan fingerprint density at radius 2 is 1.77 bits per heavy atom. The summed E-state index contributed by atoms with van der Waals surface area (Å²) in [6, 6.07) is 14.8. The molecule has 3 aromatic rings. The highest BCUT2D eigenvalue weighted by Gasteiger charge is 2.57. The number of fused-ring (bicyclic) bond motifs is 6. The Bertz CT molecular complexity index is 1310. The summed E-state index contributed by atoms with van der Waals surface area (Å²) >= 11 is 0. The number of imidazole rings is 1. The Balaban J connectivity index is 1.94. The molecule has 3 amide bonds. The monoisotopic (exact) mass is 416 g/mol. The fourth-order valence-corrected chi connectivity index (χ4v) is 4.42. The lowest BCUT2D eigenvalue weighted by Crippen LogP contribution is -2.56. The van der Waals surface area contributed by atoms with Crippen LogP contribution in [0.1, 0.15) is 26.3 Å². The number of amides is 3. The van der Waals surface area contributed by atoms with Crippen molar-refractivity contribution in [2.45, 2.75) is 26.4 Å². The Hall–Kier alpha value is -4.01. The number of benzene rings is 2. The van der Waals surface area contributed by atoms with Gasteiger partial charge >= 0.3 is 0 Å². The van der Waals surface area contributed by atoms with Gasteiger partial charge in [-0.3, -0.25) is 24.3 Å². The quantitative estimate of drug-likeness (QED) is 0.655. The predicted octanol–water partition coefficient (Wildman–Crippen LogP) is 1.96. The van der Waals surface area contributed by atoms with Crippen LogP contribution in [0.4, 0.5) is 11.6 Å². The van der Waals surface area contributed by atoms with Crippen molar-refractivity contribution in [3.63, 3.8) is 0 Å². The molecule has 0 bridgehead atoms. The number of likely N-dealkylation sites (N-methyl/N-ethyl adjacent to an activating group) is 1. The SMILES string of the molecule is CCN1C(=O)[C@@]2(N=C(NC(C)=O)N(C(C)=O)c3nc4ccccc4n32)c2ccccc21. The van der Waals surface area contributed by atoms with E-state index in [0.29, 0.717) is 23.1 Å². The fourth-order valence-electron chi connectivity index (χ4n) is 4.42. The van der Waals surface area contributed by atoms with Crippen LogP contribution in [0.3, 0.4) is 0 Å². The molecule has 2 aliphatic heterocycles. The van der Waals surface area contributed by atoms with Crippen LogP contribution in [0.25, 0.3) is 11.0 Å². The number of nitrogens with zero attached hydrogens (tertiary/aromatic N) is 5. The summed E-state index contributed by atoms with van der Waals surface area (Å²) in [6.45, 7) is 5.03. The number of hydrogen-bond donors (Lipinski definition) is 1. The molecule has 1 aromatic heterocycles. The summed E-state index contributed by atoms with van der Waals surface area (Å²) in [5.41, 5.74) is 1.15. The van der Waals surface area contributed by atoms with Gasteiger partial charge in [0.15, 0.2) is 0 Å². The summed E-state index contributed by atoms with van der Waals surface area (Å²) in [4.78, 5) is 50.8. The lowest BCUT2D eigenvalue weighted by Gasteiger charge is -2.36. The number of para-hydroxylation sites is 3. The van der Waals surface area contributed by atoms with Crippen LogP contribution in [-0.4, -0.2) is 39.8 Å². The van der Waals surface area contributed by atoms with Gasteiger partial charge in [-0.15, -0.1) is 0 Å². The molecule has 31 heavy (non-hydrogen) atoms. The minimum Gasteiger partial charge on any atom is -0.308 e. The smallest absolute Gasteiger partial charge is 0.281 e. The van der Waals surface area contributed by atoms with Crippen molar-refractivity contribution < 1.29 is 14.4 Å². The standard InChI is InChI=1S/C22H20N6O3/c1-4-26-17-11-7-5-9-15(17)22(19(26)31)25-20(23-13(2)29)27(14(3)30)21-24-16-10-6-8-12-18(16)28(21)22/h5-12H,4H2,1-3H3,(H,23,25,29)/t22-/m1/s1. The van der Waals surface area contributed by atoms with Crippen molar-refractivity contribution in [1.29, 1.82) is 0 Å². The van der Waals surface area contributed by atoms with Crippen molar-refractivity contribution in [3.05, 3.63) is 54.1 Å². The van der Waals surface area contributed by atoms with E-state index in [9.17, 15) is 14.4 Å². The number of rotatable bonds is 1. The highest BCUT2D eigenvalue weighted by atomic mass is 16.2. The minimum absolute atomic E-state index is 0.0242. The molecule has 3 heterocycles. The van der Waals surface area contributed by atoms with Gasteiger partial charge in [-0.2, -0.15) is 0 Å². The van der Waals surface area contributed by atoms with E-state index in [1.165, 1.54) is 18.7 Å². The van der Waals surface area contributed by atoms with Gasteiger partial charge in [-0.1, -0.05) is 30.3 Å². The minimum atomic E-state index is -1.53.